The standard InChI is InChI=1S/C47H66N2O3.C45H62N2O3/c1-4-7-10-12-14-16-18-21-25-39-34-43-44(35-40(46(39)50)26-22-19-17-15-13-11-8-5-2)49(45(48-43)29-20-9-6-3)36-37-30-32-38(33-31-37)41-27-23-24-28-42(41)47(51)52;1-4-7-10-12-14-16-19-23-37-32-41-42(33-38(44(37)48)24-20-17-15-13-11-8-5-2)47(43(46-41)27-18-9-6-3)34-35-28-30-36(31-29-35)39-25-21-22-26-40(39)45(49)50/h23-24,27-28,30-35H,4-22,25-26,29,36H2,1-3H3,(H,51,52);21-22,25-26,28-33H,4-20,23-24,27,34H2,1-3H3,(H,49,50). The summed E-state index contributed by atoms with van der Waals surface area (Å²) in [4.78, 5) is 62.6. The molecule has 0 bridgehead atoms. The Bertz CT molecular complexity index is 3880. The highest BCUT2D eigenvalue weighted by atomic mass is 16.4. The number of hydrogen-bond donors (Lipinski definition) is 2. The topological polar surface area (TPSA) is 144 Å². The summed E-state index contributed by atoms with van der Waals surface area (Å²) in [6.45, 7) is 14.8. The second kappa shape index (κ2) is 47.0. The summed E-state index contributed by atoms with van der Waals surface area (Å²) in [5.41, 5.74) is 14.3. The van der Waals surface area contributed by atoms with Crippen LogP contribution in [0.2, 0.25) is 0 Å². The molecule has 10 heteroatoms. The van der Waals surface area contributed by atoms with Crippen molar-refractivity contribution >= 4 is 34.0 Å². The lowest BCUT2D eigenvalue weighted by Crippen LogP contribution is -2.12. The van der Waals surface area contributed by atoms with Crippen LogP contribution in [-0.2, 0) is 51.6 Å². The lowest BCUT2D eigenvalue weighted by molar-refractivity contribution is 0.0687. The molecular formula is C92H128N4O6. The molecule has 8 aromatic rings. The van der Waals surface area contributed by atoms with Gasteiger partial charge in [0.1, 0.15) is 11.6 Å². The predicted molar refractivity (Wildman–Crippen MR) is 430 cm³/mol. The summed E-state index contributed by atoms with van der Waals surface area (Å²) in [5, 5.41) is 19.5. The van der Waals surface area contributed by atoms with Gasteiger partial charge in [-0.05, 0) is 134 Å². The van der Waals surface area contributed by atoms with Crippen molar-refractivity contribution in [3.05, 3.63) is 198 Å². The van der Waals surface area contributed by atoms with Crippen LogP contribution in [0.4, 0.5) is 0 Å². The molecule has 0 fully saturated rings. The maximum Gasteiger partial charge on any atom is 0.336 e. The summed E-state index contributed by atoms with van der Waals surface area (Å²) >= 11 is 0. The lowest BCUT2D eigenvalue weighted by atomic mass is 9.99. The number of aromatic carboxylic acids is 2. The number of carboxylic acid groups (broad SMARTS) is 2. The van der Waals surface area contributed by atoms with Gasteiger partial charge in [-0.15, -0.1) is 0 Å². The average molecular weight is 1390 g/mol. The maximum absolute atomic E-state index is 14.2. The van der Waals surface area contributed by atoms with Gasteiger partial charge < -0.3 is 19.3 Å². The zero-order valence-electron chi connectivity index (χ0n) is 64.0. The highest BCUT2D eigenvalue weighted by molar-refractivity contribution is 5.96. The molecule has 0 aliphatic rings. The molecule has 102 heavy (non-hydrogen) atoms. The number of rotatable bonds is 50. The fourth-order valence-electron chi connectivity index (χ4n) is 14.7. The molecule has 552 valence electrons. The van der Waals surface area contributed by atoms with E-state index in [0.717, 1.165) is 199 Å². The molecule has 8 rings (SSSR count). The van der Waals surface area contributed by atoms with E-state index < -0.39 is 11.9 Å². The number of nitrogens with zero attached hydrogens (tertiary/aromatic N) is 4. The van der Waals surface area contributed by atoms with E-state index in [2.05, 4.69) is 99.2 Å². The number of aromatic nitrogens is 4. The van der Waals surface area contributed by atoms with Gasteiger partial charge in [-0.3, -0.25) is 9.59 Å². The summed E-state index contributed by atoms with van der Waals surface area (Å²) < 4.78 is 4.69. The van der Waals surface area contributed by atoms with E-state index in [-0.39, 0.29) is 10.9 Å². The van der Waals surface area contributed by atoms with E-state index in [1.54, 1.807) is 24.3 Å². The zero-order chi connectivity index (χ0) is 72.5. The minimum Gasteiger partial charge on any atom is -0.478 e. The molecular weight excluding hydrogens is 1260 g/mol. The molecule has 0 amide bonds. The van der Waals surface area contributed by atoms with E-state index >= 15 is 0 Å². The van der Waals surface area contributed by atoms with E-state index in [0.29, 0.717) is 24.2 Å². The molecule has 0 radical (unpaired) electrons. The van der Waals surface area contributed by atoms with Gasteiger partial charge in [0.2, 0.25) is 0 Å². The normalized spacial score (nSPS) is 11.4. The minimum atomic E-state index is -0.921. The van der Waals surface area contributed by atoms with Crippen LogP contribution in [0, 0.1) is 0 Å². The van der Waals surface area contributed by atoms with Gasteiger partial charge in [0.15, 0.2) is 10.9 Å². The highest BCUT2D eigenvalue weighted by Crippen LogP contribution is 2.30. The number of fused-ring (bicyclic) bond motifs is 2. The summed E-state index contributed by atoms with van der Waals surface area (Å²) in [7, 11) is 0. The van der Waals surface area contributed by atoms with Crippen molar-refractivity contribution in [2.45, 2.75) is 324 Å². The van der Waals surface area contributed by atoms with E-state index in [4.69, 9.17) is 9.97 Å². The predicted octanol–water partition coefficient (Wildman–Crippen LogP) is 25.0. The van der Waals surface area contributed by atoms with Crippen molar-refractivity contribution in [2.24, 2.45) is 0 Å². The molecule has 0 saturated heterocycles. The van der Waals surface area contributed by atoms with Crippen LogP contribution in [0.3, 0.4) is 0 Å². The first-order chi connectivity index (χ1) is 49.9. The van der Waals surface area contributed by atoms with Crippen LogP contribution in [0.5, 0.6) is 0 Å². The Morgan fingerprint density at radius 2 is 0.569 bits per heavy atom. The highest BCUT2D eigenvalue weighted by Gasteiger charge is 2.20. The third kappa shape index (κ3) is 26.7. The van der Waals surface area contributed by atoms with Gasteiger partial charge in [-0.1, -0.05) is 319 Å². The van der Waals surface area contributed by atoms with Crippen LogP contribution in [0.25, 0.3) is 44.3 Å². The second-order valence-corrected chi connectivity index (χ2v) is 29.3. The minimum absolute atomic E-state index is 0.223. The van der Waals surface area contributed by atoms with Crippen molar-refractivity contribution in [3.63, 3.8) is 0 Å². The number of carboxylic acids is 2. The molecule has 0 unspecified atom stereocenters. The summed E-state index contributed by atoms with van der Waals surface area (Å²) in [6.07, 6.45) is 49.1. The molecule has 0 saturated carbocycles. The van der Waals surface area contributed by atoms with Crippen molar-refractivity contribution in [1.29, 1.82) is 0 Å². The molecule has 6 aromatic carbocycles. The van der Waals surface area contributed by atoms with E-state index in [1.807, 2.05) is 48.5 Å². The Morgan fingerprint density at radius 3 is 0.863 bits per heavy atom. The van der Waals surface area contributed by atoms with Crippen molar-refractivity contribution in [2.75, 3.05) is 0 Å². The van der Waals surface area contributed by atoms with Crippen molar-refractivity contribution in [1.82, 2.24) is 19.1 Å². The molecule has 0 aliphatic heterocycles. The Kier molecular flexibility index (Phi) is 37.7. The molecule has 2 N–H and O–H groups in total. The van der Waals surface area contributed by atoms with E-state index in [1.165, 1.54) is 161 Å². The Morgan fingerprint density at radius 1 is 0.314 bits per heavy atom. The lowest BCUT2D eigenvalue weighted by Gasteiger charge is -2.11. The third-order valence-corrected chi connectivity index (χ3v) is 20.9. The SMILES string of the molecule is CCCCCCCCCCc1cc2nc(CCCCC)n(Cc3ccc(-c4ccccc4C(=O)O)cc3)c2cc(CCCCCCCCCC)c1=O.CCCCCCCCCc1cc2nc(CCCCC)n(Cc3ccc(-c4ccccc4C(=O)O)cc3)c2cc(CCCCCCCCC)c1=O. The fourth-order valence-corrected chi connectivity index (χ4v) is 14.7. The second-order valence-electron chi connectivity index (χ2n) is 29.3. The van der Waals surface area contributed by atoms with Crippen LogP contribution in [0.1, 0.15) is 338 Å². The molecule has 10 nitrogen and oxygen atoms in total. The number of unbranched alkanes of at least 4 members (excludes halogenated alkanes) is 30. The van der Waals surface area contributed by atoms with Gasteiger partial charge >= 0.3 is 11.9 Å². The smallest absolute Gasteiger partial charge is 0.336 e. The molecule has 0 aliphatic carbocycles. The van der Waals surface area contributed by atoms with Gasteiger partial charge in [0, 0.05) is 48.2 Å². The van der Waals surface area contributed by atoms with Crippen molar-refractivity contribution < 1.29 is 19.8 Å². The Labute approximate surface area is 614 Å². The number of benzene rings is 4. The van der Waals surface area contributed by atoms with Crippen molar-refractivity contribution in [3.8, 4) is 22.3 Å². The third-order valence-electron chi connectivity index (χ3n) is 20.9. The summed E-state index contributed by atoms with van der Waals surface area (Å²) in [5.74, 6) is 0.321. The van der Waals surface area contributed by atoms with Crippen LogP contribution < -0.4 is 10.9 Å². The zero-order valence-corrected chi connectivity index (χ0v) is 64.0. The fraction of sp³-hybridized carbons (Fsp3) is 0.543. The first-order valence-electron chi connectivity index (χ1n) is 40.9. The largest absolute Gasteiger partial charge is 0.478 e. The number of aryl methyl sites for hydroxylation is 6. The van der Waals surface area contributed by atoms with Crippen LogP contribution in [-0.4, -0.2) is 41.3 Å². The van der Waals surface area contributed by atoms with E-state index in [9.17, 15) is 29.4 Å². The van der Waals surface area contributed by atoms with Gasteiger partial charge in [0.05, 0.1) is 33.2 Å². The molecule has 2 heterocycles. The Hall–Kier alpha value is -7.46. The van der Waals surface area contributed by atoms with Crippen LogP contribution >= 0.6 is 0 Å². The Balaban J connectivity index is 0.000000286. The quantitative estimate of drug-likeness (QED) is 0.0359. The van der Waals surface area contributed by atoms with Gasteiger partial charge in [-0.2, -0.15) is 0 Å². The monoisotopic (exact) mass is 1380 g/mol. The molecule has 2 aromatic heterocycles. The van der Waals surface area contributed by atoms with Crippen LogP contribution in [0.15, 0.2) is 131 Å². The van der Waals surface area contributed by atoms with Gasteiger partial charge in [0.25, 0.3) is 0 Å². The molecule has 0 atom stereocenters. The maximum atomic E-state index is 14.2. The van der Waals surface area contributed by atoms with Gasteiger partial charge in [-0.25, -0.2) is 19.6 Å². The number of imidazole rings is 2. The number of carbonyl (C=O) groups is 2. The first kappa shape index (κ1) is 81.8. The number of hydrogen-bond acceptors (Lipinski definition) is 6. The molecule has 0 spiro atoms. The first-order valence-corrected chi connectivity index (χ1v) is 40.9. The summed E-state index contributed by atoms with van der Waals surface area (Å²) in [6, 6.07) is 39.5. The average Bonchev–Trinajstić information content (AvgIpc) is 1.63.